The number of carbonyl (C=O) groups excluding carboxylic acids is 2. The molecule has 10 nitrogen and oxygen atoms in total. The summed E-state index contributed by atoms with van der Waals surface area (Å²) in [6.07, 6.45) is 4.18. The second-order valence-electron chi connectivity index (χ2n) is 15.2. The van der Waals surface area contributed by atoms with Crippen molar-refractivity contribution in [2.75, 3.05) is 19.6 Å². The fourth-order valence-electron chi connectivity index (χ4n) is 6.29. The molecule has 2 aromatic carbocycles. The van der Waals surface area contributed by atoms with E-state index < -0.39 is 5.66 Å². The van der Waals surface area contributed by atoms with E-state index in [1.165, 1.54) is 0 Å². The van der Waals surface area contributed by atoms with Crippen LogP contribution in [-0.2, 0) is 11.3 Å². The number of hydrogen-bond acceptors (Lipinski definition) is 7. The number of aromatic nitrogens is 4. The molecule has 2 N–H and O–H groups in total. The predicted octanol–water partition coefficient (Wildman–Crippen LogP) is 6.86. The van der Waals surface area contributed by atoms with Crippen molar-refractivity contribution in [1.29, 1.82) is 0 Å². The standard InChI is InChI=1S/C35H46Cl2N8O2/c1-33(2,3)12-11-28(23-7-9-24(10-8-23)31(46)38-22-29-40-42-43-41-29)45-32(47)30(25-19-26(36)21-27(37)20-25)39-35(45)14-17-44(18-15-35)16-13-34(4,5)6/h7-10,19-21,28H,11-18,22H2,1-6H3,(H,38,46)(H,40,41,42,43)/t28-/m1/s1. The average Bonchev–Trinajstić information content (AvgIpc) is 3.61. The number of tetrazole rings is 1. The van der Waals surface area contributed by atoms with Gasteiger partial charge in [0.25, 0.3) is 11.8 Å². The number of hydrogen-bond donors (Lipinski definition) is 2. The highest BCUT2D eigenvalue weighted by molar-refractivity contribution is 6.47. The largest absolute Gasteiger partial charge is 0.345 e. The van der Waals surface area contributed by atoms with Crippen LogP contribution in [-0.4, -0.2) is 73.2 Å². The van der Waals surface area contributed by atoms with Gasteiger partial charge in [-0.2, -0.15) is 5.21 Å². The maximum Gasteiger partial charge on any atom is 0.275 e. The van der Waals surface area contributed by atoms with E-state index in [2.05, 4.69) is 72.4 Å². The first-order valence-corrected chi connectivity index (χ1v) is 17.1. The van der Waals surface area contributed by atoms with E-state index in [4.69, 9.17) is 28.2 Å². The molecule has 2 aliphatic heterocycles. The summed E-state index contributed by atoms with van der Waals surface area (Å²) in [6, 6.07) is 12.5. The number of carbonyl (C=O) groups is 2. The van der Waals surface area contributed by atoms with Crippen molar-refractivity contribution < 1.29 is 9.59 Å². The van der Waals surface area contributed by atoms with Gasteiger partial charge >= 0.3 is 0 Å². The number of amides is 2. The summed E-state index contributed by atoms with van der Waals surface area (Å²) in [7, 11) is 0. The molecule has 0 aliphatic carbocycles. The molecule has 12 heteroatoms. The maximum atomic E-state index is 14.7. The lowest BCUT2D eigenvalue weighted by Crippen LogP contribution is -2.55. The van der Waals surface area contributed by atoms with Crippen molar-refractivity contribution >= 4 is 40.7 Å². The van der Waals surface area contributed by atoms with Crippen LogP contribution in [0.25, 0.3) is 0 Å². The van der Waals surface area contributed by atoms with Crippen LogP contribution in [0.3, 0.4) is 0 Å². The molecule has 1 fully saturated rings. The second-order valence-corrected chi connectivity index (χ2v) is 16.0. The number of halogens is 2. The maximum absolute atomic E-state index is 14.7. The fourth-order valence-corrected chi connectivity index (χ4v) is 6.82. The molecule has 3 heterocycles. The number of rotatable bonds is 10. The lowest BCUT2D eigenvalue weighted by Gasteiger charge is -2.47. The first-order chi connectivity index (χ1) is 22.1. The lowest BCUT2D eigenvalue weighted by molar-refractivity contribution is -0.133. The van der Waals surface area contributed by atoms with Crippen LogP contribution in [0.15, 0.2) is 47.5 Å². The minimum absolute atomic E-state index is 0.0453. The van der Waals surface area contributed by atoms with Crippen LogP contribution in [0.2, 0.25) is 10.0 Å². The summed E-state index contributed by atoms with van der Waals surface area (Å²) in [5.74, 6) is 0.0380. The molecule has 3 aromatic rings. The van der Waals surface area contributed by atoms with Gasteiger partial charge < -0.3 is 15.1 Å². The van der Waals surface area contributed by atoms with Crippen molar-refractivity contribution in [1.82, 2.24) is 35.7 Å². The predicted molar refractivity (Wildman–Crippen MR) is 186 cm³/mol. The third-order valence-electron chi connectivity index (χ3n) is 8.99. The molecule has 2 amide bonds. The Morgan fingerprint density at radius 2 is 1.62 bits per heavy atom. The number of nitrogens with one attached hydrogen (secondary N) is 2. The van der Waals surface area contributed by atoms with E-state index in [-0.39, 0.29) is 35.2 Å². The molecule has 1 aromatic heterocycles. The Hall–Kier alpha value is -3.34. The van der Waals surface area contributed by atoms with Gasteiger partial charge in [0.05, 0.1) is 12.6 Å². The summed E-state index contributed by atoms with van der Waals surface area (Å²) in [5.41, 5.74) is 2.09. The topological polar surface area (TPSA) is 119 Å². The van der Waals surface area contributed by atoms with Crippen molar-refractivity contribution in [3.05, 3.63) is 75.0 Å². The minimum atomic E-state index is -0.706. The zero-order chi connectivity index (χ0) is 34.0. The highest BCUT2D eigenvalue weighted by Crippen LogP contribution is 2.45. The molecule has 252 valence electrons. The molecule has 47 heavy (non-hydrogen) atoms. The Kier molecular flexibility index (Phi) is 10.4. The quantitative estimate of drug-likeness (QED) is 0.241. The van der Waals surface area contributed by atoms with Gasteiger partial charge in [0.1, 0.15) is 11.4 Å². The van der Waals surface area contributed by atoms with E-state index in [0.29, 0.717) is 32.7 Å². The SMILES string of the molecule is CC(C)(C)CC[C@H](c1ccc(C(=O)NCc2nn[nH]n2)cc1)N1C(=O)C(c2cc(Cl)cc(Cl)c2)=NC12CCN(CCC(C)(C)C)CC2. The van der Waals surface area contributed by atoms with Crippen LogP contribution in [0.5, 0.6) is 0 Å². The van der Waals surface area contributed by atoms with Crippen LogP contribution < -0.4 is 5.32 Å². The smallest absolute Gasteiger partial charge is 0.275 e. The number of aromatic amines is 1. The van der Waals surface area contributed by atoms with E-state index in [1.807, 2.05) is 29.2 Å². The Balaban J connectivity index is 1.48. The third-order valence-corrected chi connectivity index (χ3v) is 9.43. The highest BCUT2D eigenvalue weighted by Gasteiger charge is 2.52. The summed E-state index contributed by atoms with van der Waals surface area (Å²) < 4.78 is 0. The Labute approximate surface area is 287 Å². The summed E-state index contributed by atoms with van der Waals surface area (Å²) >= 11 is 12.8. The molecular weight excluding hydrogens is 635 g/mol. The number of aliphatic imine (C=N–C) groups is 1. The number of H-pyrrole nitrogens is 1. The number of nitrogens with zero attached hydrogens (tertiary/aromatic N) is 6. The number of piperidine rings is 1. The van der Waals surface area contributed by atoms with Crippen LogP contribution in [0.4, 0.5) is 0 Å². The number of likely N-dealkylation sites (tertiary alicyclic amines) is 1. The van der Waals surface area contributed by atoms with Crippen molar-refractivity contribution in [2.45, 2.75) is 91.9 Å². The highest BCUT2D eigenvalue weighted by atomic mass is 35.5. The van der Waals surface area contributed by atoms with Crippen LogP contribution in [0.1, 0.15) is 107 Å². The molecule has 0 bridgehead atoms. The first-order valence-electron chi connectivity index (χ1n) is 16.4. The lowest BCUT2D eigenvalue weighted by atomic mass is 9.84. The third kappa shape index (κ3) is 8.77. The van der Waals surface area contributed by atoms with Crippen LogP contribution in [0, 0.1) is 10.8 Å². The molecule has 0 radical (unpaired) electrons. The summed E-state index contributed by atoms with van der Waals surface area (Å²) in [5, 5.41) is 17.4. The summed E-state index contributed by atoms with van der Waals surface area (Å²) in [6.45, 7) is 16.3. The number of benzene rings is 2. The van der Waals surface area contributed by atoms with Gasteiger partial charge in [-0.1, -0.05) is 82.1 Å². The van der Waals surface area contributed by atoms with Crippen molar-refractivity contribution in [3.8, 4) is 0 Å². The zero-order valence-corrected chi connectivity index (χ0v) is 29.8. The Morgan fingerprint density at radius 1 is 0.979 bits per heavy atom. The molecule has 1 saturated heterocycles. The molecule has 5 rings (SSSR count). The minimum Gasteiger partial charge on any atom is -0.345 e. The van der Waals surface area contributed by atoms with Gasteiger partial charge in [0, 0.05) is 47.1 Å². The molecule has 1 spiro atoms. The zero-order valence-electron chi connectivity index (χ0n) is 28.2. The van der Waals surface area contributed by atoms with Gasteiger partial charge in [-0.25, -0.2) is 0 Å². The average molecular weight is 682 g/mol. The van der Waals surface area contributed by atoms with E-state index >= 15 is 0 Å². The van der Waals surface area contributed by atoms with E-state index in [1.54, 1.807) is 18.2 Å². The Bertz CT molecular complexity index is 1560. The molecular formula is C35H46Cl2N8O2. The Morgan fingerprint density at radius 3 is 2.19 bits per heavy atom. The van der Waals surface area contributed by atoms with E-state index in [9.17, 15) is 9.59 Å². The van der Waals surface area contributed by atoms with E-state index in [0.717, 1.165) is 57.3 Å². The summed E-state index contributed by atoms with van der Waals surface area (Å²) in [4.78, 5) is 37.4. The van der Waals surface area contributed by atoms with Crippen molar-refractivity contribution in [2.24, 2.45) is 15.8 Å². The van der Waals surface area contributed by atoms with Gasteiger partial charge in [0.2, 0.25) is 0 Å². The fraction of sp³-hybridized carbons (Fsp3) is 0.543. The monoisotopic (exact) mass is 680 g/mol. The van der Waals surface area contributed by atoms with Gasteiger partial charge in [-0.3, -0.25) is 14.6 Å². The normalized spacial score (nSPS) is 17.7. The van der Waals surface area contributed by atoms with Gasteiger partial charge in [-0.05, 0) is 72.5 Å². The first kappa shape index (κ1) is 35.0. The molecule has 2 aliphatic rings. The van der Waals surface area contributed by atoms with Gasteiger partial charge in [-0.15, -0.1) is 10.2 Å². The molecule has 1 atom stereocenters. The second kappa shape index (κ2) is 14.0. The van der Waals surface area contributed by atoms with Gasteiger partial charge in [0.15, 0.2) is 5.82 Å². The van der Waals surface area contributed by atoms with Crippen LogP contribution >= 0.6 is 23.2 Å². The molecule has 0 unspecified atom stereocenters. The molecule has 0 saturated carbocycles. The van der Waals surface area contributed by atoms with Crippen molar-refractivity contribution in [3.63, 3.8) is 0 Å².